The number of benzene rings is 1. The Labute approximate surface area is 173 Å². The summed E-state index contributed by atoms with van der Waals surface area (Å²) in [5.74, 6) is 0.196. The Balaban J connectivity index is 1.38. The minimum absolute atomic E-state index is 0.0215. The molecular formula is C20H25F2N5O3. The van der Waals surface area contributed by atoms with E-state index in [1.165, 1.54) is 6.33 Å². The molecular weight excluding hydrogens is 396 g/mol. The van der Waals surface area contributed by atoms with Gasteiger partial charge in [0.25, 0.3) is 6.43 Å². The second-order valence-corrected chi connectivity index (χ2v) is 7.58. The van der Waals surface area contributed by atoms with Crippen LogP contribution in [-0.4, -0.2) is 97.7 Å². The lowest BCUT2D eigenvalue weighted by molar-refractivity contribution is -0.147. The molecule has 1 aromatic carbocycles. The van der Waals surface area contributed by atoms with Crippen LogP contribution >= 0.6 is 0 Å². The molecule has 2 aliphatic heterocycles. The number of hydrogen-bond donors (Lipinski definition) is 0. The highest BCUT2D eigenvalue weighted by Crippen LogP contribution is 2.27. The van der Waals surface area contributed by atoms with Gasteiger partial charge >= 0.3 is 0 Å². The summed E-state index contributed by atoms with van der Waals surface area (Å²) in [7, 11) is 1.80. The van der Waals surface area contributed by atoms with Gasteiger partial charge in [-0.05, 0) is 18.2 Å². The number of alkyl halides is 2. The number of amides is 1. The Morgan fingerprint density at radius 2 is 2.03 bits per heavy atom. The minimum Gasteiger partial charge on any atom is -0.471 e. The molecule has 2 aromatic rings. The van der Waals surface area contributed by atoms with Gasteiger partial charge in [0.1, 0.15) is 12.9 Å². The Hall–Kier alpha value is -2.59. The molecule has 1 amide bonds. The molecule has 162 valence electrons. The van der Waals surface area contributed by atoms with E-state index in [0.29, 0.717) is 17.4 Å². The molecule has 0 N–H and O–H groups in total. The zero-order valence-electron chi connectivity index (χ0n) is 16.8. The number of carbonyl (C=O) groups excluding carboxylic acids is 1. The van der Waals surface area contributed by atoms with Gasteiger partial charge in [-0.25, -0.2) is 18.7 Å². The number of nitrogens with zero attached hydrogens (tertiary/aromatic N) is 5. The summed E-state index contributed by atoms with van der Waals surface area (Å²) in [4.78, 5) is 26.1. The summed E-state index contributed by atoms with van der Waals surface area (Å²) < 4.78 is 35.9. The van der Waals surface area contributed by atoms with E-state index in [1.807, 2.05) is 18.2 Å². The lowest BCUT2D eigenvalue weighted by atomic mass is 10.1. The van der Waals surface area contributed by atoms with E-state index < -0.39 is 13.0 Å². The van der Waals surface area contributed by atoms with Crippen LogP contribution in [-0.2, 0) is 9.53 Å². The fourth-order valence-electron chi connectivity index (χ4n) is 3.82. The maximum Gasteiger partial charge on any atom is 0.272 e. The first-order valence-electron chi connectivity index (χ1n) is 9.98. The maximum atomic E-state index is 12.5. The number of ether oxygens (including phenoxy) is 2. The van der Waals surface area contributed by atoms with Gasteiger partial charge < -0.3 is 19.3 Å². The van der Waals surface area contributed by atoms with E-state index in [2.05, 4.69) is 19.8 Å². The smallest absolute Gasteiger partial charge is 0.272 e. The number of anilines is 1. The molecule has 0 spiro atoms. The SMILES string of the molecule is CN1CC(CN2CCN(c3ccc4ncnc(OCC(F)F)c4c3)CC2)OCC1=O. The normalized spacial score (nSPS) is 20.9. The summed E-state index contributed by atoms with van der Waals surface area (Å²) in [5, 5.41) is 0.626. The summed E-state index contributed by atoms with van der Waals surface area (Å²) in [6.07, 6.45) is -1.20. The van der Waals surface area contributed by atoms with Crippen molar-refractivity contribution in [2.24, 2.45) is 0 Å². The molecule has 0 aliphatic carbocycles. The summed E-state index contributed by atoms with van der Waals surface area (Å²) >= 11 is 0. The number of fused-ring (bicyclic) bond motifs is 1. The second kappa shape index (κ2) is 9.05. The highest BCUT2D eigenvalue weighted by molar-refractivity contribution is 5.86. The number of morpholine rings is 1. The molecule has 2 saturated heterocycles. The first kappa shape index (κ1) is 20.7. The van der Waals surface area contributed by atoms with Crippen molar-refractivity contribution < 1.29 is 23.0 Å². The second-order valence-electron chi connectivity index (χ2n) is 7.58. The van der Waals surface area contributed by atoms with Gasteiger partial charge in [0.05, 0.1) is 17.0 Å². The highest BCUT2D eigenvalue weighted by atomic mass is 19.3. The molecule has 0 bridgehead atoms. The topological polar surface area (TPSA) is 71.0 Å². The maximum absolute atomic E-state index is 12.5. The van der Waals surface area contributed by atoms with E-state index in [9.17, 15) is 13.6 Å². The van der Waals surface area contributed by atoms with Crippen LogP contribution in [0.1, 0.15) is 0 Å². The molecule has 1 aromatic heterocycles. The van der Waals surface area contributed by atoms with Gasteiger partial charge in [-0.2, -0.15) is 0 Å². The van der Waals surface area contributed by atoms with Crippen LogP contribution in [0.25, 0.3) is 10.9 Å². The fraction of sp³-hybridized carbons (Fsp3) is 0.550. The Morgan fingerprint density at radius 3 is 2.77 bits per heavy atom. The van der Waals surface area contributed by atoms with Crippen LogP contribution in [0.4, 0.5) is 14.5 Å². The molecule has 4 rings (SSSR count). The van der Waals surface area contributed by atoms with Crippen molar-refractivity contribution in [2.45, 2.75) is 12.5 Å². The van der Waals surface area contributed by atoms with Crippen molar-refractivity contribution in [3.8, 4) is 5.88 Å². The zero-order chi connectivity index (χ0) is 21.1. The van der Waals surface area contributed by atoms with Gasteiger partial charge in [0, 0.05) is 52.0 Å². The van der Waals surface area contributed by atoms with E-state index >= 15 is 0 Å². The first-order chi connectivity index (χ1) is 14.5. The van der Waals surface area contributed by atoms with Crippen molar-refractivity contribution in [3.63, 3.8) is 0 Å². The standard InChI is InChI=1S/C20H25F2N5O3/c1-25-9-15(29-12-19(25)28)10-26-4-6-27(7-5-26)14-2-3-17-16(8-14)20(24-13-23-17)30-11-18(21)22/h2-3,8,13,15,18H,4-7,9-12H2,1H3. The third-order valence-electron chi connectivity index (χ3n) is 5.47. The Morgan fingerprint density at radius 1 is 1.23 bits per heavy atom. The van der Waals surface area contributed by atoms with Crippen molar-refractivity contribution in [1.29, 1.82) is 0 Å². The van der Waals surface area contributed by atoms with Crippen LogP contribution in [0.3, 0.4) is 0 Å². The highest BCUT2D eigenvalue weighted by Gasteiger charge is 2.27. The molecule has 30 heavy (non-hydrogen) atoms. The number of rotatable bonds is 6. The third kappa shape index (κ3) is 4.76. The number of hydrogen-bond acceptors (Lipinski definition) is 7. The lowest BCUT2D eigenvalue weighted by Gasteiger charge is -2.39. The number of carbonyl (C=O) groups is 1. The van der Waals surface area contributed by atoms with E-state index in [4.69, 9.17) is 9.47 Å². The Kier molecular flexibility index (Phi) is 6.24. The van der Waals surface area contributed by atoms with Crippen LogP contribution < -0.4 is 9.64 Å². The van der Waals surface area contributed by atoms with Gasteiger partial charge in [0.2, 0.25) is 11.8 Å². The lowest BCUT2D eigenvalue weighted by Crippen LogP contribution is -2.53. The summed E-state index contributed by atoms with van der Waals surface area (Å²) in [6.45, 7) is 4.26. The molecule has 0 saturated carbocycles. The van der Waals surface area contributed by atoms with Gasteiger partial charge in [0.15, 0.2) is 6.61 Å². The monoisotopic (exact) mass is 421 g/mol. The van der Waals surface area contributed by atoms with Crippen molar-refractivity contribution in [2.75, 3.05) is 64.4 Å². The van der Waals surface area contributed by atoms with E-state index in [0.717, 1.165) is 38.4 Å². The average molecular weight is 421 g/mol. The fourth-order valence-corrected chi connectivity index (χ4v) is 3.82. The van der Waals surface area contributed by atoms with Crippen LogP contribution in [0.5, 0.6) is 5.88 Å². The molecule has 2 fully saturated rings. The van der Waals surface area contributed by atoms with Crippen LogP contribution in [0.15, 0.2) is 24.5 Å². The largest absolute Gasteiger partial charge is 0.471 e. The first-order valence-corrected chi connectivity index (χ1v) is 9.98. The molecule has 3 heterocycles. The van der Waals surface area contributed by atoms with E-state index in [-0.39, 0.29) is 24.5 Å². The van der Waals surface area contributed by atoms with Crippen LogP contribution in [0.2, 0.25) is 0 Å². The minimum atomic E-state index is -2.56. The molecule has 0 radical (unpaired) electrons. The predicted octanol–water partition coefficient (Wildman–Crippen LogP) is 1.25. The average Bonchev–Trinajstić information content (AvgIpc) is 2.75. The molecule has 8 nitrogen and oxygen atoms in total. The van der Waals surface area contributed by atoms with Crippen molar-refractivity contribution in [3.05, 3.63) is 24.5 Å². The molecule has 1 atom stereocenters. The predicted molar refractivity (Wildman–Crippen MR) is 107 cm³/mol. The molecule has 1 unspecified atom stereocenters. The van der Waals surface area contributed by atoms with Crippen molar-refractivity contribution >= 4 is 22.5 Å². The van der Waals surface area contributed by atoms with Gasteiger partial charge in [-0.1, -0.05) is 0 Å². The summed E-state index contributed by atoms with van der Waals surface area (Å²) in [5.41, 5.74) is 1.64. The quantitative estimate of drug-likeness (QED) is 0.695. The third-order valence-corrected chi connectivity index (χ3v) is 5.47. The number of likely N-dealkylation sites (N-methyl/N-ethyl adjacent to an activating group) is 1. The number of halogens is 2. The number of aromatic nitrogens is 2. The zero-order valence-corrected chi connectivity index (χ0v) is 16.8. The van der Waals surface area contributed by atoms with E-state index in [1.54, 1.807) is 11.9 Å². The van der Waals surface area contributed by atoms with Crippen LogP contribution in [0, 0.1) is 0 Å². The number of piperazine rings is 1. The molecule has 2 aliphatic rings. The van der Waals surface area contributed by atoms with Gasteiger partial charge in [-0.3, -0.25) is 9.69 Å². The summed E-state index contributed by atoms with van der Waals surface area (Å²) in [6, 6.07) is 5.74. The van der Waals surface area contributed by atoms with Crippen molar-refractivity contribution in [1.82, 2.24) is 19.8 Å². The molecule has 10 heteroatoms. The van der Waals surface area contributed by atoms with Gasteiger partial charge in [-0.15, -0.1) is 0 Å². The Bertz CT molecular complexity index is 892.